The largest absolute Gasteiger partial charge is 0.318 e. The van der Waals surface area contributed by atoms with Gasteiger partial charge in [0.05, 0.1) is 16.4 Å². The van der Waals surface area contributed by atoms with Crippen LogP contribution < -0.4 is 0 Å². The van der Waals surface area contributed by atoms with E-state index in [1.807, 2.05) is 74.5 Å². The van der Waals surface area contributed by atoms with Gasteiger partial charge < -0.3 is 4.57 Å². The summed E-state index contributed by atoms with van der Waals surface area (Å²) in [5, 5.41) is 10.6. The molecule has 0 radical (unpaired) electrons. The van der Waals surface area contributed by atoms with Gasteiger partial charge in [0, 0.05) is 39.0 Å². The van der Waals surface area contributed by atoms with E-state index in [0.29, 0.717) is 4.91 Å². The minimum absolute atomic E-state index is 0.0694. The van der Waals surface area contributed by atoms with E-state index in [4.69, 9.17) is 0 Å². The molecular weight excluding hydrogens is 518 g/mol. The third kappa shape index (κ3) is 5.29. The minimum atomic E-state index is -0.408. The molecule has 3 aromatic carbocycles. The molecule has 0 N–H and O–H groups in total. The van der Waals surface area contributed by atoms with Gasteiger partial charge in [0.15, 0.2) is 0 Å². The van der Waals surface area contributed by atoms with Crippen molar-refractivity contribution in [2.45, 2.75) is 30.2 Å². The second-order valence-corrected chi connectivity index (χ2v) is 10.9. The van der Waals surface area contributed by atoms with Crippen molar-refractivity contribution < 1.29 is 14.5 Å². The third-order valence-corrected chi connectivity index (χ3v) is 8.12. The lowest BCUT2D eigenvalue weighted by atomic mass is 10.2. The Hall–Kier alpha value is -4.08. The summed E-state index contributed by atoms with van der Waals surface area (Å²) >= 11 is 2.50. The van der Waals surface area contributed by atoms with E-state index in [0.717, 1.165) is 49.8 Å². The molecule has 190 valence electrons. The Morgan fingerprint density at radius 2 is 1.55 bits per heavy atom. The lowest BCUT2D eigenvalue weighted by Gasteiger charge is -2.12. The molecule has 1 aliphatic heterocycles. The van der Waals surface area contributed by atoms with Crippen LogP contribution in [0.5, 0.6) is 0 Å². The summed E-state index contributed by atoms with van der Waals surface area (Å²) in [5.74, 6) is -0.277. The molecule has 0 atom stereocenters. The van der Waals surface area contributed by atoms with E-state index >= 15 is 0 Å². The molecule has 2 heterocycles. The molecule has 1 aliphatic rings. The number of thioether (sulfide) groups is 1. The summed E-state index contributed by atoms with van der Waals surface area (Å²) in [6.45, 7) is 4.25. The number of carbonyl (C=O) groups is 2. The molecule has 2 amide bonds. The first-order chi connectivity index (χ1) is 18.3. The molecule has 1 saturated heterocycles. The monoisotopic (exact) mass is 541 g/mol. The SMILES string of the molecule is Cc1cc(/C=C2\SC(=O)N(Cc3ccccc3)C2=O)c(C)n1-c1ccc(Sc2ccc([N+](=O)[O-])cc2)cc1. The first-order valence-corrected chi connectivity index (χ1v) is 13.4. The number of benzene rings is 3. The molecule has 0 bridgehead atoms. The molecule has 0 spiro atoms. The highest BCUT2D eigenvalue weighted by molar-refractivity contribution is 8.18. The summed E-state index contributed by atoms with van der Waals surface area (Å²) in [7, 11) is 0. The molecule has 0 saturated carbocycles. The van der Waals surface area contributed by atoms with Crippen molar-refractivity contribution >= 4 is 46.4 Å². The maximum Gasteiger partial charge on any atom is 0.293 e. The molecule has 38 heavy (non-hydrogen) atoms. The smallest absolute Gasteiger partial charge is 0.293 e. The van der Waals surface area contributed by atoms with Crippen molar-refractivity contribution in [2.75, 3.05) is 0 Å². The van der Waals surface area contributed by atoms with Gasteiger partial charge in [0.1, 0.15) is 0 Å². The van der Waals surface area contributed by atoms with Crippen molar-refractivity contribution in [1.82, 2.24) is 9.47 Å². The third-order valence-electron chi connectivity index (χ3n) is 6.19. The molecule has 4 aromatic rings. The van der Waals surface area contributed by atoms with Crippen LogP contribution in [0.3, 0.4) is 0 Å². The highest BCUT2D eigenvalue weighted by atomic mass is 32.2. The van der Waals surface area contributed by atoms with Crippen molar-refractivity contribution in [2.24, 2.45) is 0 Å². The number of imide groups is 1. The van der Waals surface area contributed by atoms with Gasteiger partial charge in [-0.15, -0.1) is 0 Å². The van der Waals surface area contributed by atoms with E-state index in [2.05, 4.69) is 4.57 Å². The predicted octanol–water partition coefficient (Wildman–Crippen LogP) is 7.39. The van der Waals surface area contributed by atoms with Gasteiger partial charge in [-0.25, -0.2) is 0 Å². The summed E-state index contributed by atoms with van der Waals surface area (Å²) < 4.78 is 2.11. The van der Waals surface area contributed by atoms with E-state index in [-0.39, 0.29) is 23.4 Å². The first-order valence-electron chi connectivity index (χ1n) is 11.8. The van der Waals surface area contributed by atoms with Gasteiger partial charge in [-0.1, -0.05) is 42.1 Å². The second kappa shape index (κ2) is 10.7. The standard InChI is InChI=1S/C29H23N3O4S2/c1-19-16-22(17-27-28(33)30(29(34)38-27)18-21-6-4-3-5-7-21)20(2)31(19)23-8-12-25(13-9-23)37-26-14-10-24(11-15-26)32(35)36/h3-17H,18H2,1-2H3/b27-17-. The minimum Gasteiger partial charge on any atom is -0.318 e. The Morgan fingerprint density at radius 3 is 2.18 bits per heavy atom. The lowest BCUT2D eigenvalue weighted by molar-refractivity contribution is -0.384. The van der Waals surface area contributed by atoms with Crippen molar-refractivity contribution in [3.63, 3.8) is 0 Å². The van der Waals surface area contributed by atoms with Crippen LogP contribution in [0.2, 0.25) is 0 Å². The zero-order chi connectivity index (χ0) is 26.8. The van der Waals surface area contributed by atoms with Gasteiger partial charge in [0.2, 0.25) is 0 Å². The normalized spacial score (nSPS) is 14.5. The summed E-state index contributed by atoms with van der Waals surface area (Å²) in [6, 6.07) is 26.0. The molecule has 7 nitrogen and oxygen atoms in total. The van der Waals surface area contributed by atoms with Gasteiger partial charge in [0.25, 0.3) is 16.8 Å². The van der Waals surface area contributed by atoms with Crippen LogP contribution >= 0.6 is 23.5 Å². The highest BCUT2D eigenvalue weighted by Gasteiger charge is 2.35. The molecule has 1 fully saturated rings. The number of carbonyl (C=O) groups excluding carboxylic acids is 2. The Bertz CT molecular complexity index is 1560. The van der Waals surface area contributed by atoms with Gasteiger partial charge >= 0.3 is 0 Å². The Balaban J connectivity index is 1.34. The first kappa shape index (κ1) is 25.6. The average molecular weight is 542 g/mol. The molecule has 5 rings (SSSR count). The Morgan fingerprint density at radius 1 is 0.921 bits per heavy atom. The molecule has 9 heteroatoms. The van der Waals surface area contributed by atoms with Gasteiger partial charge in [-0.2, -0.15) is 0 Å². The number of nitro groups is 1. The number of hydrogen-bond acceptors (Lipinski definition) is 6. The topological polar surface area (TPSA) is 85.5 Å². The van der Waals surface area contributed by atoms with Crippen LogP contribution in [0.4, 0.5) is 10.5 Å². The fourth-order valence-corrected chi connectivity index (χ4v) is 5.96. The van der Waals surface area contributed by atoms with Crippen molar-refractivity contribution in [3.05, 3.63) is 122 Å². The number of nitrogens with zero attached hydrogens (tertiary/aromatic N) is 3. The number of non-ortho nitro benzene ring substituents is 1. The highest BCUT2D eigenvalue weighted by Crippen LogP contribution is 2.35. The summed E-state index contributed by atoms with van der Waals surface area (Å²) in [5.41, 5.74) is 4.81. The predicted molar refractivity (Wildman–Crippen MR) is 150 cm³/mol. The van der Waals surface area contributed by atoms with Crippen LogP contribution in [-0.2, 0) is 11.3 Å². The van der Waals surface area contributed by atoms with Crippen molar-refractivity contribution in [3.8, 4) is 5.69 Å². The number of rotatable bonds is 7. The van der Waals surface area contributed by atoms with Crippen molar-refractivity contribution in [1.29, 1.82) is 0 Å². The van der Waals surface area contributed by atoms with E-state index in [1.54, 1.807) is 18.2 Å². The number of nitro benzene ring substituents is 1. The zero-order valence-corrected chi connectivity index (χ0v) is 22.3. The Labute approximate surface area is 228 Å². The lowest BCUT2D eigenvalue weighted by Crippen LogP contribution is -2.27. The van der Waals surface area contributed by atoms with Crippen LogP contribution in [0, 0.1) is 24.0 Å². The number of amides is 2. The average Bonchev–Trinajstić information content (AvgIpc) is 3.34. The second-order valence-electron chi connectivity index (χ2n) is 8.76. The van der Waals surface area contributed by atoms with Gasteiger partial charge in [-0.05, 0) is 85.3 Å². The van der Waals surface area contributed by atoms with Crippen LogP contribution in [-0.4, -0.2) is 25.5 Å². The maximum atomic E-state index is 13.0. The molecular formula is C29H23N3O4S2. The fraction of sp³-hybridized carbons (Fsp3) is 0.103. The molecule has 0 aliphatic carbocycles. The fourth-order valence-electron chi connectivity index (χ4n) is 4.31. The molecule has 0 unspecified atom stereocenters. The number of hydrogen-bond donors (Lipinski definition) is 0. The van der Waals surface area contributed by atoms with Crippen LogP contribution in [0.15, 0.2) is 99.6 Å². The summed E-state index contributed by atoms with van der Waals surface area (Å²) in [4.78, 5) is 39.7. The summed E-state index contributed by atoms with van der Waals surface area (Å²) in [6.07, 6.45) is 1.80. The number of aryl methyl sites for hydroxylation is 1. The van der Waals surface area contributed by atoms with Crippen LogP contribution in [0.25, 0.3) is 11.8 Å². The quantitative estimate of drug-likeness (QED) is 0.138. The molecule has 1 aromatic heterocycles. The number of aromatic nitrogens is 1. The zero-order valence-electron chi connectivity index (χ0n) is 20.7. The van der Waals surface area contributed by atoms with Gasteiger partial charge in [-0.3, -0.25) is 24.6 Å². The maximum absolute atomic E-state index is 13.0. The van der Waals surface area contributed by atoms with E-state index < -0.39 is 4.92 Å². The van der Waals surface area contributed by atoms with Crippen LogP contribution in [0.1, 0.15) is 22.5 Å². The Kier molecular flexibility index (Phi) is 7.22. The van der Waals surface area contributed by atoms with E-state index in [9.17, 15) is 19.7 Å². The van der Waals surface area contributed by atoms with E-state index in [1.165, 1.54) is 28.8 Å².